The maximum atomic E-state index is 14.9. The number of benzene rings is 3. The van der Waals surface area contributed by atoms with Crippen LogP contribution in [0.25, 0.3) is 22.8 Å². The molecule has 1 unspecified atom stereocenters. The molecule has 1 aromatic heterocycles. The molecule has 0 aliphatic heterocycles. The van der Waals surface area contributed by atoms with Crippen LogP contribution in [0.1, 0.15) is 16.7 Å². The van der Waals surface area contributed by atoms with E-state index in [1.165, 1.54) is 12.1 Å². The van der Waals surface area contributed by atoms with E-state index >= 15 is 0 Å². The fraction of sp³-hybridized carbons (Fsp3) is 0.115. The normalized spacial score (nSPS) is 11.2. The van der Waals surface area contributed by atoms with E-state index in [9.17, 15) is 14.0 Å². The van der Waals surface area contributed by atoms with Crippen molar-refractivity contribution in [2.45, 2.75) is 19.6 Å². The minimum Gasteiger partial charge on any atom is -0.443 e. The molecule has 0 aliphatic rings. The lowest BCUT2D eigenvalue weighted by Gasteiger charge is -2.17. The Bertz CT molecular complexity index is 1410. The van der Waals surface area contributed by atoms with Crippen LogP contribution in [0.4, 0.5) is 14.9 Å². The van der Waals surface area contributed by atoms with E-state index in [1.54, 1.807) is 30.3 Å². The average molecular weight is 485 g/mol. The second-order valence-electron chi connectivity index (χ2n) is 7.82. The number of rotatable bonds is 8. The summed E-state index contributed by atoms with van der Waals surface area (Å²) in [4.78, 5) is 27.5. The van der Waals surface area contributed by atoms with Crippen LogP contribution in [0.15, 0.2) is 71.3 Å². The SMILES string of the molecule is Cc1ccc(-c2nc(-c3ccc(CC(NC(=O)Nc4ccc(C#N)cc4)OC=O)cc3F)no2)cc1. The van der Waals surface area contributed by atoms with E-state index in [1.807, 2.05) is 37.3 Å². The largest absolute Gasteiger partial charge is 0.443 e. The van der Waals surface area contributed by atoms with Crippen LogP contribution >= 0.6 is 0 Å². The van der Waals surface area contributed by atoms with Gasteiger partial charge < -0.3 is 19.9 Å². The van der Waals surface area contributed by atoms with Crippen LogP contribution in [0.2, 0.25) is 0 Å². The van der Waals surface area contributed by atoms with Gasteiger partial charge in [0.1, 0.15) is 5.82 Å². The van der Waals surface area contributed by atoms with Gasteiger partial charge in [-0.2, -0.15) is 10.2 Å². The predicted octanol–water partition coefficient (Wildman–Crippen LogP) is 4.59. The molecule has 4 aromatic rings. The monoisotopic (exact) mass is 485 g/mol. The zero-order valence-electron chi connectivity index (χ0n) is 19.1. The standard InChI is InChI=1S/C26H20FN5O4/c1-16-2-7-19(8-3-16)25-31-24(32-36-25)21-11-6-18(12-22(21)27)13-23(35-15-33)30-26(34)29-20-9-4-17(14-28)5-10-20/h2-12,15,23H,13H2,1H3,(H2,29,30,34). The molecule has 36 heavy (non-hydrogen) atoms. The molecule has 9 nitrogen and oxygen atoms in total. The first kappa shape index (κ1) is 24.1. The molecule has 0 fully saturated rings. The van der Waals surface area contributed by atoms with Gasteiger partial charge in [0.05, 0.1) is 17.2 Å². The van der Waals surface area contributed by atoms with Gasteiger partial charge in [-0.1, -0.05) is 28.9 Å². The van der Waals surface area contributed by atoms with Gasteiger partial charge in [0.25, 0.3) is 12.4 Å². The molecule has 0 bridgehead atoms. The van der Waals surface area contributed by atoms with Crippen LogP contribution in [0.5, 0.6) is 0 Å². The Morgan fingerprint density at radius 3 is 2.58 bits per heavy atom. The van der Waals surface area contributed by atoms with Crippen LogP contribution in [-0.4, -0.2) is 28.9 Å². The van der Waals surface area contributed by atoms with E-state index in [2.05, 4.69) is 20.8 Å². The number of amides is 2. The summed E-state index contributed by atoms with van der Waals surface area (Å²) in [5, 5.41) is 17.8. The Morgan fingerprint density at radius 2 is 1.92 bits per heavy atom. The number of anilines is 1. The molecule has 0 saturated carbocycles. The van der Waals surface area contributed by atoms with Gasteiger partial charge in [-0.25, -0.2) is 9.18 Å². The molecule has 0 radical (unpaired) electrons. The van der Waals surface area contributed by atoms with Gasteiger partial charge in [0.2, 0.25) is 5.82 Å². The first-order valence-electron chi connectivity index (χ1n) is 10.8. The fourth-order valence-corrected chi connectivity index (χ4v) is 3.37. The summed E-state index contributed by atoms with van der Waals surface area (Å²) in [6, 6.07) is 19.4. The van der Waals surface area contributed by atoms with Crippen molar-refractivity contribution in [3.8, 4) is 28.9 Å². The number of aromatic nitrogens is 2. The Hall–Kier alpha value is -5.04. The summed E-state index contributed by atoms with van der Waals surface area (Å²) in [7, 11) is 0. The maximum absolute atomic E-state index is 14.9. The first-order chi connectivity index (χ1) is 17.4. The zero-order valence-corrected chi connectivity index (χ0v) is 19.1. The third-order valence-corrected chi connectivity index (χ3v) is 5.20. The number of hydrogen-bond acceptors (Lipinski definition) is 7. The van der Waals surface area contributed by atoms with Crippen molar-refractivity contribution in [1.82, 2.24) is 15.5 Å². The Morgan fingerprint density at radius 1 is 1.17 bits per heavy atom. The second kappa shape index (κ2) is 10.9. The number of ether oxygens (including phenoxy) is 1. The molecule has 4 rings (SSSR count). The van der Waals surface area contributed by atoms with Gasteiger partial charge in [-0.3, -0.25) is 4.79 Å². The molecule has 2 amide bonds. The molecule has 1 atom stereocenters. The molecular formula is C26H20FN5O4. The Kier molecular flexibility index (Phi) is 7.31. The third kappa shape index (κ3) is 5.90. The van der Waals surface area contributed by atoms with E-state index in [0.29, 0.717) is 16.8 Å². The fourth-order valence-electron chi connectivity index (χ4n) is 3.37. The minimum absolute atomic E-state index is 0.0115. The maximum Gasteiger partial charge on any atom is 0.322 e. The molecule has 0 saturated heterocycles. The predicted molar refractivity (Wildman–Crippen MR) is 128 cm³/mol. The molecule has 2 N–H and O–H groups in total. The highest BCUT2D eigenvalue weighted by atomic mass is 19.1. The smallest absolute Gasteiger partial charge is 0.322 e. The van der Waals surface area contributed by atoms with E-state index in [4.69, 9.17) is 14.5 Å². The van der Waals surface area contributed by atoms with Gasteiger partial charge in [0, 0.05) is 17.7 Å². The lowest BCUT2D eigenvalue weighted by molar-refractivity contribution is -0.134. The molecule has 180 valence electrons. The summed E-state index contributed by atoms with van der Waals surface area (Å²) in [5.41, 5.74) is 3.29. The highest BCUT2D eigenvalue weighted by Crippen LogP contribution is 2.25. The Labute approximate surface area is 205 Å². The number of urea groups is 1. The molecule has 3 aromatic carbocycles. The second-order valence-corrected chi connectivity index (χ2v) is 7.82. The molecule has 1 heterocycles. The van der Waals surface area contributed by atoms with Crippen molar-refractivity contribution >= 4 is 18.2 Å². The van der Waals surface area contributed by atoms with Crippen molar-refractivity contribution < 1.29 is 23.2 Å². The topological polar surface area (TPSA) is 130 Å². The van der Waals surface area contributed by atoms with Crippen molar-refractivity contribution in [3.63, 3.8) is 0 Å². The van der Waals surface area contributed by atoms with Gasteiger partial charge in [0.15, 0.2) is 6.23 Å². The number of halogens is 1. The Balaban J connectivity index is 1.43. The number of carbonyl (C=O) groups excluding carboxylic acids is 2. The summed E-state index contributed by atoms with van der Waals surface area (Å²) in [6.07, 6.45) is -1.04. The van der Waals surface area contributed by atoms with Crippen molar-refractivity contribution in [2.24, 2.45) is 0 Å². The molecule has 0 aliphatic carbocycles. The molecule has 0 spiro atoms. The van der Waals surface area contributed by atoms with Crippen LogP contribution in [0.3, 0.4) is 0 Å². The minimum atomic E-state index is -1.05. The number of carbonyl (C=O) groups is 2. The molecule has 10 heteroatoms. The van der Waals surface area contributed by atoms with Crippen LogP contribution < -0.4 is 10.6 Å². The summed E-state index contributed by atoms with van der Waals surface area (Å²) >= 11 is 0. The van der Waals surface area contributed by atoms with E-state index in [0.717, 1.165) is 11.1 Å². The first-order valence-corrected chi connectivity index (χ1v) is 10.8. The van der Waals surface area contributed by atoms with Crippen molar-refractivity contribution in [3.05, 3.63) is 89.2 Å². The number of nitrogens with zero attached hydrogens (tertiary/aromatic N) is 3. The quantitative estimate of drug-likeness (QED) is 0.276. The summed E-state index contributed by atoms with van der Waals surface area (Å²) in [6.45, 7) is 2.16. The van der Waals surface area contributed by atoms with Crippen LogP contribution in [0, 0.1) is 24.1 Å². The van der Waals surface area contributed by atoms with Gasteiger partial charge in [-0.15, -0.1) is 0 Å². The highest BCUT2D eigenvalue weighted by Gasteiger charge is 2.18. The third-order valence-electron chi connectivity index (χ3n) is 5.20. The number of nitriles is 1. The highest BCUT2D eigenvalue weighted by molar-refractivity contribution is 5.89. The lowest BCUT2D eigenvalue weighted by Crippen LogP contribution is -2.41. The van der Waals surface area contributed by atoms with Crippen molar-refractivity contribution in [1.29, 1.82) is 5.26 Å². The molecular weight excluding hydrogens is 465 g/mol. The van der Waals surface area contributed by atoms with Crippen molar-refractivity contribution in [2.75, 3.05) is 5.32 Å². The number of nitrogens with one attached hydrogen (secondary N) is 2. The van der Waals surface area contributed by atoms with Gasteiger partial charge >= 0.3 is 6.03 Å². The van der Waals surface area contributed by atoms with E-state index < -0.39 is 18.1 Å². The van der Waals surface area contributed by atoms with Crippen LogP contribution in [-0.2, 0) is 16.0 Å². The summed E-state index contributed by atoms with van der Waals surface area (Å²) in [5.74, 6) is -0.240. The lowest BCUT2D eigenvalue weighted by atomic mass is 10.1. The summed E-state index contributed by atoms with van der Waals surface area (Å²) < 4.78 is 25.1. The zero-order chi connectivity index (χ0) is 25.5. The average Bonchev–Trinajstić information content (AvgIpc) is 3.35. The van der Waals surface area contributed by atoms with Gasteiger partial charge in [-0.05, 0) is 61.0 Å². The van der Waals surface area contributed by atoms with E-state index in [-0.39, 0.29) is 30.2 Å². The number of aryl methyl sites for hydroxylation is 1. The number of hydrogen-bond donors (Lipinski definition) is 2.